The zero-order chi connectivity index (χ0) is 12.0. The fourth-order valence-electron chi connectivity index (χ4n) is 0.690. The molecule has 0 aliphatic carbocycles. The summed E-state index contributed by atoms with van der Waals surface area (Å²) >= 11 is 0. The Hall–Kier alpha value is -0.210. The van der Waals surface area contributed by atoms with E-state index in [-0.39, 0.29) is 6.61 Å². The van der Waals surface area contributed by atoms with Crippen LogP contribution in [0.1, 0.15) is 0 Å². The van der Waals surface area contributed by atoms with Gasteiger partial charge in [0.25, 0.3) is 0 Å². The standard InChI is InChI=1S/C6H16NO2.CH4O3S/c1-7(2,3)4-6(9)5-8;1-5(2,3)4/h6,8-9H,4-5H2,1-3H3;1H3,(H,2,3,4)/q+1;/p-1/t6-;/m0./s1. The van der Waals surface area contributed by atoms with Crippen LogP contribution in [0.15, 0.2) is 0 Å². The van der Waals surface area contributed by atoms with Gasteiger partial charge in [0.1, 0.15) is 12.6 Å². The number of rotatable bonds is 3. The van der Waals surface area contributed by atoms with Crippen molar-refractivity contribution in [2.45, 2.75) is 6.10 Å². The van der Waals surface area contributed by atoms with Crippen LogP contribution in [-0.2, 0) is 10.1 Å². The van der Waals surface area contributed by atoms with Crippen LogP contribution in [0.25, 0.3) is 0 Å². The summed E-state index contributed by atoms with van der Waals surface area (Å²) in [6.45, 7) is 0.450. The van der Waals surface area contributed by atoms with Crippen molar-refractivity contribution in [2.75, 3.05) is 40.6 Å². The minimum absolute atomic E-state index is 0.143. The quantitative estimate of drug-likeness (QED) is 0.440. The Bertz CT molecular complexity index is 223. The number of likely N-dealkylation sites (N-methyl/N-ethyl adjacent to an activating group) is 1. The number of aliphatic hydroxyl groups excluding tert-OH is 2. The lowest BCUT2D eigenvalue weighted by atomic mass is 10.3. The summed E-state index contributed by atoms with van der Waals surface area (Å²) in [5, 5.41) is 17.4. The summed E-state index contributed by atoms with van der Waals surface area (Å²) in [6.07, 6.45) is 0.0255. The lowest BCUT2D eigenvalue weighted by molar-refractivity contribution is -0.873. The number of aliphatic hydroxyl groups is 2. The highest BCUT2D eigenvalue weighted by Gasteiger charge is 2.13. The Balaban J connectivity index is 0. The van der Waals surface area contributed by atoms with Gasteiger partial charge in [-0.15, -0.1) is 0 Å². The second kappa shape index (κ2) is 6.31. The number of hydrogen-bond donors (Lipinski definition) is 2. The van der Waals surface area contributed by atoms with E-state index in [1.165, 1.54) is 0 Å². The van der Waals surface area contributed by atoms with E-state index in [1.54, 1.807) is 0 Å². The van der Waals surface area contributed by atoms with Crippen LogP contribution in [0.2, 0.25) is 0 Å². The minimum Gasteiger partial charge on any atom is -0.748 e. The van der Waals surface area contributed by atoms with Crippen molar-refractivity contribution in [3.63, 3.8) is 0 Å². The predicted molar refractivity (Wildman–Crippen MR) is 51.6 cm³/mol. The average Bonchev–Trinajstić information content (AvgIpc) is 1.79. The first-order valence-corrected chi connectivity index (χ1v) is 5.77. The largest absolute Gasteiger partial charge is 0.748 e. The molecule has 6 nitrogen and oxygen atoms in total. The van der Waals surface area contributed by atoms with Gasteiger partial charge in [0.2, 0.25) is 0 Å². The molecule has 7 heteroatoms. The maximum absolute atomic E-state index is 9.08. The molecule has 0 heterocycles. The van der Waals surface area contributed by atoms with E-state index in [0.717, 1.165) is 0 Å². The molecule has 0 fully saturated rings. The molecule has 0 saturated carbocycles. The lowest BCUT2D eigenvalue weighted by Crippen LogP contribution is -2.42. The fourth-order valence-corrected chi connectivity index (χ4v) is 0.690. The molecule has 88 valence electrons. The predicted octanol–water partition coefficient (Wildman–Crippen LogP) is -1.79. The van der Waals surface area contributed by atoms with E-state index in [4.69, 9.17) is 23.2 Å². The maximum Gasteiger partial charge on any atom is 0.126 e. The van der Waals surface area contributed by atoms with Crippen LogP contribution in [0, 0.1) is 0 Å². The first-order chi connectivity index (χ1) is 5.95. The van der Waals surface area contributed by atoms with Gasteiger partial charge < -0.3 is 19.2 Å². The second-order valence-corrected chi connectivity index (χ2v) is 5.42. The van der Waals surface area contributed by atoms with Gasteiger partial charge in [0.05, 0.1) is 37.9 Å². The fraction of sp³-hybridized carbons (Fsp3) is 1.00. The highest BCUT2D eigenvalue weighted by Crippen LogP contribution is 1.92. The molecule has 0 bridgehead atoms. The third-order valence-corrected chi connectivity index (χ3v) is 0.969. The van der Waals surface area contributed by atoms with Gasteiger partial charge in [-0.05, 0) is 0 Å². The van der Waals surface area contributed by atoms with Crippen molar-refractivity contribution in [3.05, 3.63) is 0 Å². The smallest absolute Gasteiger partial charge is 0.126 e. The van der Waals surface area contributed by atoms with Crippen LogP contribution in [0.5, 0.6) is 0 Å². The van der Waals surface area contributed by atoms with Crippen molar-refractivity contribution in [2.24, 2.45) is 0 Å². The molecule has 2 N–H and O–H groups in total. The molecule has 0 rings (SSSR count). The molecule has 0 spiro atoms. The normalized spacial score (nSPS) is 14.2. The van der Waals surface area contributed by atoms with Gasteiger partial charge in [-0.25, -0.2) is 8.42 Å². The molecule has 0 saturated heterocycles. The van der Waals surface area contributed by atoms with Gasteiger partial charge in [-0.2, -0.15) is 0 Å². The summed E-state index contributed by atoms with van der Waals surface area (Å²) in [5.41, 5.74) is 0. The van der Waals surface area contributed by atoms with Gasteiger partial charge >= 0.3 is 0 Å². The summed E-state index contributed by atoms with van der Waals surface area (Å²) in [6, 6.07) is 0. The van der Waals surface area contributed by atoms with Gasteiger partial charge in [0.15, 0.2) is 0 Å². The van der Waals surface area contributed by atoms with E-state index in [9.17, 15) is 0 Å². The minimum atomic E-state index is -3.92. The van der Waals surface area contributed by atoms with E-state index >= 15 is 0 Å². The number of hydrogen-bond acceptors (Lipinski definition) is 5. The summed E-state index contributed by atoms with van der Waals surface area (Å²) in [5.74, 6) is 0. The Labute approximate surface area is 85.1 Å². The SMILES string of the molecule is CS(=O)(=O)[O-].C[N+](C)(C)C[C@H](O)CO. The molecule has 14 heavy (non-hydrogen) atoms. The summed E-state index contributed by atoms with van der Waals surface area (Å²) < 4.78 is 27.9. The highest BCUT2D eigenvalue weighted by atomic mass is 32.2. The van der Waals surface area contributed by atoms with Crippen molar-refractivity contribution >= 4 is 10.1 Å². The van der Waals surface area contributed by atoms with Crippen molar-refractivity contribution < 1.29 is 27.7 Å². The number of nitrogens with zero attached hydrogens (tertiary/aromatic N) is 1. The Kier molecular flexibility index (Phi) is 7.31. The molecule has 1 atom stereocenters. The highest BCUT2D eigenvalue weighted by molar-refractivity contribution is 7.84. The number of quaternary nitrogens is 1. The van der Waals surface area contributed by atoms with Crippen molar-refractivity contribution in [1.82, 2.24) is 0 Å². The van der Waals surface area contributed by atoms with Gasteiger partial charge in [-0.3, -0.25) is 0 Å². The van der Waals surface area contributed by atoms with E-state index in [0.29, 0.717) is 17.3 Å². The molecule has 0 radical (unpaired) electrons. The molecule has 0 aromatic heterocycles. The third kappa shape index (κ3) is 29.8. The maximum atomic E-state index is 9.08. The van der Waals surface area contributed by atoms with Crippen LogP contribution >= 0.6 is 0 Å². The van der Waals surface area contributed by atoms with E-state index in [2.05, 4.69) is 0 Å². The molecular formula is C7H19NO5S. The van der Waals surface area contributed by atoms with E-state index < -0.39 is 16.2 Å². The first-order valence-electron chi connectivity index (χ1n) is 3.96. The first kappa shape index (κ1) is 16.2. The third-order valence-electron chi connectivity index (χ3n) is 0.969. The van der Waals surface area contributed by atoms with Gasteiger partial charge in [0, 0.05) is 6.26 Å². The molecular weight excluding hydrogens is 210 g/mol. The zero-order valence-electron chi connectivity index (χ0n) is 8.97. The van der Waals surface area contributed by atoms with Gasteiger partial charge in [-0.1, -0.05) is 0 Å². The topological polar surface area (TPSA) is 97.7 Å². The Morgan fingerprint density at radius 3 is 1.71 bits per heavy atom. The monoisotopic (exact) mass is 229 g/mol. The Morgan fingerprint density at radius 1 is 1.36 bits per heavy atom. The molecule has 0 aliphatic heterocycles. The van der Waals surface area contributed by atoms with Crippen molar-refractivity contribution in [3.8, 4) is 0 Å². The second-order valence-electron chi connectivity index (χ2n) is 4.01. The van der Waals surface area contributed by atoms with E-state index in [1.807, 2.05) is 21.1 Å². The van der Waals surface area contributed by atoms with Crippen LogP contribution < -0.4 is 0 Å². The zero-order valence-corrected chi connectivity index (χ0v) is 9.78. The molecule has 0 aliphatic rings. The summed E-state index contributed by atoms with van der Waals surface area (Å²) in [7, 11) is 2.00. The van der Waals surface area contributed by atoms with Crippen molar-refractivity contribution in [1.29, 1.82) is 0 Å². The van der Waals surface area contributed by atoms with Crippen LogP contribution in [0.4, 0.5) is 0 Å². The molecule has 0 aromatic carbocycles. The van der Waals surface area contributed by atoms with Crippen LogP contribution in [-0.4, -0.2) is 74.3 Å². The Morgan fingerprint density at radius 2 is 1.64 bits per heavy atom. The lowest BCUT2D eigenvalue weighted by Gasteiger charge is -2.25. The summed E-state index contributed by atoms with van der Waals surface area (Å²) in [4.78, 5) is 0. The van der Waals surface area contributed by atoms with Crippen LogP contribution in [0.3, 0.4) is 0 Å². The molecule has 0 amide bonds. The molecule has 0 unspecified atom stereocenters. The molecule has 0 aromatic rings. The average molecular weight is 229 g/mol.